The highest BCUT2D eigenvalue weighted by Crippen LogP contribution is 2.35. The molecule has 1 aliphatic rings. The fourth-order valence-corrected chi connectivity index (χ4v) is 4.86. The van der Waals surface area contributed by atoms with Gasteiger partial charge in [0.15, 0.2) is 11.6 Å². The van der Waals surface area contributed by atoms with Crippen molar-refractivity contribution in [3.05, 3.63) is 102 Å². The first kappa shape index (κ1) is 24.1. The van der Waals surface area contributed by atoms with Crippen molar-refractivity contribution in [2.75, 3.05) is 0 Å². The van der Waals surface area contributed by atoms with Gasteiger partial charge in [0.25, 0.3) is 0 Å². The van der Waals surface area contributed by atoms with Crippen LogP contribution in [0.25, 0.3) is 27.8 Å². The molecule has 0 bridgehead atoms. The molecule has 0 nitrogen and oxygen atoms in total. The Morgan fingerprint density at radius 3 is 2.24 bits per heavy atom. The van der Waals surface area contributed by atoms with Crippen LogP contribution in [-0.2, 0) is 6.42 Å². The average Bonchev–Trinajstić information content (AvgIpc) is 2.86. The summed E-state index contributed by atoms with van der Waals surface area (Å²) in [7, 11) is 0. The quantitative estimate of drug-likeness (QED) is 0.294. The molecule has 3 aromatic carbocycles. The van der Waals surface area contributed by atoms with Crippen LogP contribution in [0.3, 0.4) is 0 Å². The summed E-state index contributed by atoms with van der Waals surface area (Å²) in [4.78, 5) is 0. The van der Waals surface area contributed by atoms with Gasteiger partial charge in [-0.3, -0.25) is 0 Å². The van der Waals surface area contributed by atoms with E-state index in [2.05, 4.69) is 19.6 Å². The Balaban J connectivity index is 1.53. The monoisotopic (exact) mass is 460 g/mol. The van der Waals surface area contributed by atoms with Gasteiger partial charge in [0, 0.05) is 11.1 Å². The minimum Gasteiger partial charge on any atom is -0.206 e. The molecule has 0 aliphatic heterocycles. The maximum atomic E-state index is 15.0. The molecule has 176 valence electrons. The van der Waals surface area contributed by atoms with Gasteiger partial charge in [-0.05, 0) is 71.9 Å². The molecule has 34 heavy (non-hydrogen) atoms. The second kappa shape index (κ2) is 10.9. The van der Waals surface area contributed by atoms with Gasteiger partial charge in [-0.2, -0.15) is 0 Å². The molecule has 3 aromatic rings. The largest absolute Gasteiger partial charge is 0.206 e. The predicted molar refractivity (Wildman–Crippen MR) is 136 cm³/mol. The van der Waals surface area contributed by atoms with Crippen LogP contribution in [0.1, 0.15) is 56.6 Å². The number of hydrogen-bond acceptors (Lipinski definition) is 0. The van der Waals surface area contributed by atoms with E-state index in [1.807, 2.05) is 24.3 Å². The predicted octanol–water partition coefficient (Wildman–Crippen LogP) is 9.54. The Bertz CT molecular complexity index is 1190. The molecule has 1 aliphatic carbocycles. The molecule has 0 heterocycles. The summed E-state index contributed by atoms with van der Waals surface area (Å²) in [5, 5.41) is 0. The van der Waals surface area contributed by atoms with Gasteiger partial charge in [-0.25, -0.2) is 13.2 Å². The lowest BCUT2D eigenvalue weighted by Crippen LogP contribution is -2.05. The maximum Gasteiger partial charge on any atom is 0.166 e. The molecular weight excluding hydrogens is 429 g/mol. The zero-order chi connectivity index (χ0) is 24.1. The summed E-state index contributed by atoms with van der Waals surface area (Å²) in [5.41, 5.74) is 4.53. The molecule has 0 aromatic heterocycles. The van der Waals surface area contributed by atoms with Gasteiger partial charge in [-0.1, -0.05) is 80.4 Å². The standard InChI is InChI=1S/C31H31F3/c1-3-5-7-25-16-19-28(31(34)30(25)33)24-14-12-22(13-15-24)26-17-18-27(29(32)20-26)23-10-8-21(6-4-2)9-11-23/h3,10,12-21H,1,4-9,11H2,2H3. The first-order chi connectivity index (χ1) is 16.5. The molecule has 0 spiro atoms. The van der Waals surface area contributed by atoms with E-state index in [-0.39, 0.29) is 11.4 Å². The summed E-state index contributed by atoms with van der Waals surface area (Å²) >= 11 is 0. The van der Waals surface area contributed by atoms with Crippen LogP contribution in [0, 0.1) is 23.4 Å². The van der Waals surface area contributed by atoms with Crippen molar-refractivity contribution in [2.24, 2.45) is 5.92 Å². The second-order valence-electron chi connectivity index (χ2n) is 9.16. The topological polar surface area (TPSA) is 0 Å². The SMILES string of the molecule is C=CCCc1ccc(-c2ccc(-c3ccc(C4=CCC(CCC)CC4)c(F)c3)cc2)c(F)c1F. The molecule has 4 rings (SSSR count). The smallest absolute Gasteiger partial charge is 0.166 e. The summed E-state index contributed by atoms with van der Waals surface area (Å²) in [5.74, 6) is -1.15. The molecule has 0 saturated carbocycles. The molecule has 0 amide bonds. The molecule has 3 heteroatoms. The Kier molecular flexibility index (Phi) is 7.72. The van der Waals surface area contributed by atoms with Gasteiger partial charge >= 0.3 is 0 Å². The van der Waals surface area contributed by atoms with Crippen molar-refractivity contribution >= 4 is 5.57 Å². The minimum absolute atomic E-state index is 0.218. The first-order valence-corrected chi connectivity index (χ1v) is 12.2. The van der Waals surface area contributed by atoms with E-state index < -0.39 is 11.6 Å². The Morgan fingerprint density at radius 1 is 0.882 bits per heavy atom. The fraction of sp³-hybridized carbons (Fsp3) is 0.290. The van der Waals surface area contributed by atoms with E-state index in [1.165, 1.54) is 12.8 Å². The number of rotatable bonds is 8. The van der Waals surface area contributed by atoms with Gasteiger partial charge in [-0.15, -0.1) is 6.58 Å². The van der Waals surface area contributed by atoms with Crippen molar-refractivity contribution in [1.29, 1.82) is 0 Å². The Hall–Kier alpha value is -3.07. The zero-order valence-corrected chi connectivity index (χ0v) is 19.7. The second-order valence-corrected chi connectivity index (χ2v) is 9.16. The number of benzene rings is 3. The van der Waals surface area contributed by atoms with E-state index in [9.17, 15) is 13.2 Å². The van der Waals surface area contributed by atoms with Gasteiger partial charge < -0.3 is 0 Å². The number of aryl methyl sites for hydroxylation is 1. The van der Waals surface area contributed by atoms with Crippen molar-refractivity contribution in [1.82, 2.24) is 0 Å². The number of halogens is 3. The van der Waals surface area contributed by atoms with Gasteiger partial charge in [0.1, 0.15) is 5.82 Å². The van der Waals surface area contributed by atoms with Crippen LogP contribution in [0.2, 0.25) is 0 Å². The molecule has 1 unspecified atom stereocenters. The van der Waals surface area contributed by atoms with Crippen LogP contribution in [-0.4, -0.2) is 0 Å². The summed E-state index contributed by atoms with van der Waals surface area (Å²) in [6.45, 7) is 5.83. The van der Waals surface area contributed by atoms with Crippen molar-refractivity contribution in [2.45, 2.75) is 51.9 Å². The molecule has 0 fully saturated rings. The Morgan fingerprint density at radius 2 is 1.59 bits per heavy atom. The normalized spacial score (nSPS) is 15.8. The highest BCUT2D eigenvalue weighted by atomic mass is 19.2. The van der Waals surface area contributed by atoms with Crippen molar-refractivity contribution in [3.8, 4) is 22.3 Å². The van der Waals surface area contributed by atoms with Crippen molar-refractivity contribution in [3.63, 3.8) is 0 Å². The fourth-order valence-electron chi connectivity index (χ4n) is 4.86. The molecular formula is C31H31F3. The number of allylic oxidation sites excluding steroid dienone is 3. The zero-order valence-electron chi connectivity index (χ0n) is 19.7. The van der Waals surface area contributed by atoms with Crippen LogP contribution in [0.4, 0.5) is 13.2 Å². The Labute approximate surface area is 200 Å². The third kappa shape index (κ3) is 5.19. The molecule has 1 atom stereocenters. The lowest BCUT2D eigenvalue weighted by Gasteiger charge is -2.22. The highest BCUT2D eigenvalue weighted by Gasteiger charge is 2.18. The third-order valence-corrected chi connectivity index (χ3v) is 6.84. The van der Waals surface area contributed by atoms with E-state index in [4.69, 9.17) is 0 Å². The average molecular weight is 461 g/mol. The summed E-state index contributed by atoms with van der Waals surface area (Å²) in [6, 6.07) is 15.7. The van der Waals surface area contributed by atoms with Gasteiger partial charge in [0.2, 0.25) is 0 Å². The number of hydrogen-bond donors (Lipinski definition) is 0. The van der Waals surface area contributed by atoms with Crippen LogP contribution >= 0.6 is 0 Å². The van der Waals surface area contributed by atoms with E-state index >= 15 is 0 Å². The van der Waals surface area contributed by atoms with Crippen LogP contribution in [0.15, 0.2) is 73.3 Å². The van der Waals surface area contributed by atoms with Crippen LogP contribution in [0.5, 0.6) is 0 Å². The molecule has 0 saturated heterocycles. The molecule has 0 radical (unpaired) electrons. The van der Waals surface area contributed by atoms with E-state index in [0.717, 1.165) is 41.9 Å². The lowest BCUT2D eigenvalue weighted by atomic mass is 9.84. The van der Waals surface area contributed by atoms with Gasteiger partial charge in [0.05, 0.1) is 0 Å². The summed E-state index contributed by atoms with van der Waals surface area (Å²) < 4.78 is 44.1. The molecule has 0 N–H and O–H groups in total. The van der Waals surface area contributed by atoms with E-state index in [0.29, 0.717) is 29.5 Å². The van der Waals surface area contributed by atoms with Crippen molar-refractivity contribution < 1.29 is 13.2 Å². The summed E-state index contributed by atoms with van der Waals surface area (Å²) in [6.07, 6.45) is 10.4. The highest BCUT2D eigenvalue weighted by molar-refractivity contribution is 5.74. The minimum atomic E-state index is -0.841. The third-order valence-electron chi connectivity index (χ3n) is 6.84. The lowest BCUT2D eigenvalue weighted by molar-refractivity contribution is 0.444. The van der Waals surface area contributed by atoms with E-state index in [1.54, 1.807) is 36.4 Å². The first-order valence-electron chi connectivity index (χ1n) is 12.2. The maximum absolute atomic E-state index is 15.0. The van der Waals surface area contributed by atoms with Crippen LogP contribution < -0.4 is 0 Å².